The molecule has 7 nitrogen and oxygen atoms in total. The van der Waals surface area contributed by atoms with Crippen LogP contribution in [0.1, 0.15) is 42.6 Å². The molecule has 1 aliphatic rings. The van der Waals surface area contributed by atoms with Gasteiger partial charge in [0.1, 0.15) is 6.10 Å². The fourth-order valence-corrected chi connectivity index (χ4v) is 2.55. The van der Waals surface area contributed by atoms with Crippen molar-refractivity contribution in [3.05, 3.63) is 5.69 Å². The van der Waals surface area contributed by atoms with Gasteiger partial charge >= 0.3 is 12.0 Å². The second-order valence-corrected chi connectivity index (χ2v) is 5.69. The van der Waals surface area contributed by atoms with Gasteiger partial charge < -0.3 is 9.64 Å². The number of urea groups is 1. The van der Waals surface area contributed by atoms with Gasteiger partial charge in [-0.2, -0.15) is 0 Å². The summed E-state index contributed by atoms with van der Waals surface area (Å²) in [6.07, 6.45) is 5.09. The molecule has 0 atom stereocenters. The molecule has 0 radical (unpaired) electrons. The third-order valence-corrected chi connectivity index (χ3v) is 3.78. The Bertz CT molecular complexity index is 483. The van der Waals surface area contributed by atoms with E-state index in [4.69, 9.17) is 4.74 Å². The number of esters is 1. The number of nitrogens with one attached hydrogen (secondary N) is 1. The summed E-state index contributed by atoms with van der Waals surface area (Å²) in [5, 5.41) is 6.67. The van der Waals surface area contributed by atoms with Crippen LogP contribution in [0.25, 0.3) is 0 Å². The van der Waals surface area contributed by atoms with Crippen molar-refractivity contribution in [1.82, 2.24) is 14.5 Å². The topological polar surface area (TPSA) is 84.4 Å². The highest BCUT2D eigenvalue weighted by molar-refractivity contribution is 7.10. The Balaban J connectivity index is 1.99. The molecule has 1 saturated carbocycles. The Morgan fingerprint density at radius 3 is 2.65 bits per heavy atom. The summed E-state index contributed by atoms with van der Waals surface area (Å²) >= 11 is 0.965. The normalized spacial score (nSPS) is 15.7. The van der Waals surface area contributed by atoms with E-state index in [1.165, 1.54) is 11.3 Å². The molecule has 0 saturated heterocycles. The minimum absolute atomic E-state index is 0.0460. The van der Waals surface area contributed by atoms with E-state index < -0.39 is 5.97 Å². The Kier molecular flexibility index (Phi) is 4.89. The third-order valence-electron chi connectivity index (χ3n) is 3.13. The lowest BCUT2D eigenvalue weighted by molar-refractivity contribution is 0.0205. The van der Waals surface area contributed by atoms with Crippen LogP contribution in [0, 0.1) is 0 Å². The van der Waals surface area contributed by atoms with Crippen LogP contribution >= 0.6 is 11.5 Å². The lowest BCUT2D eigenvalue weighted by atomic mass is 9.98. The standard InChI is InChI=1S/C12H18N4O3S/c1-16(2)12(18)13-10-9(14-15-20-10)11(17)19-8-6-4-3-5-7-8/h8H,3-7H2,1-2H3,(H,13,18). The van der Waals surface area contributed by atoms with Crippen molar-refractivity contribution in [3.8, 4) is 0 Å². The second-order valence-electron chi connectivity index (χ2n) is 4.94. The number of aromatic nitrogens is 2. The van der Waals surface area contributed by atoms with Gasteiger partial charge in [-0.15, -0.1) is 5.10 Å². The molecule has 8 heteroatoms. The molecule has 1 fully saturated rings. The van der Waals surface area contributed by atoms with Crippen LogP contribution in [0.5, 0.6) is 0 Å². The third kappa shape index (κ3) is 3.66. The quantitative estimate of drug-likeness (QED) is 0.864. The molecule has 2 amide bonds. The number of ether oxygens (including phenoxy) is 1. The molecule has 0 unspecified atom stereocenters. The van der Waals surface area contributed by atoms with Crippen LogP contribution in [0.15, 0.2) is 0 Å². The first-order valence-corrected chi connectivity index (χ1v) is 7.37. The zero-order valence-electron chi connectivity index (χ0n) is 11.6. The van der Waals surface area contributed by atoms with E-state index >= 15 is 0 Å². The molecule has 1 aromatic rings. The van der Waals surface area contributed by atoms with Gasteiger partial charge in [-0.05, 0) is 25.7 Å². The molecule has 0 spiro atoms. The fraction of sp³-hybridized carbons (Fsp3) is 0.667. The predicted molar refractivity (Wildman–Crippen MR) is 74.9 cm³/mol. The SMILES string of the molecule is CN(C)C(=O)Nc1snnc1C(=O)OC1CCCCC1. The van der Waals surface area contributed by atoms with Crippen molar-refractivity contribution in [2.24, 2.45) is 0 Å². The Morgan fingerprint density at radius 2 is 2.00 bits per heavy atom. The maximum absolute atomic E-state index is 12.1. The number of hydrogen-bond acceptors (Lipinski definition) is 6. The minimum Gasteiger partial charge on any atom is -0.458 e. The molecule has 1 aliphatic carbocycles. The summed E-state index contributed by atoms with van der Waals surface area (Å²) in [5.41, 5.74) is 0.0794. The van der Waals surface area contributed by atoms with Crippen LogP contribution in [-0.2, 0) is 4.74 Å². The van der Waals surface area contributed by atoms with Crippen molar-refractivity contribution < 1.29 is 14.3 Å². The maximum Gasteiger partial charge on any atom is 0.362 e. The Hall–Kier alpha value is -1.70. The monoisotopic (exact) mass is 298 g/mol. The summed E-state index contributed by atoms with van der Waals surface area (Å²) < 4.78 is 9.13. The molecule has 20 heavy (non-hydrogen) atoms. The number of rotatable bonds is 3. The van der Waals surface area contributed by atoms with Crippen molar-refractivity contribution in [3.63, 3.8) is 0 Å². The molecule has 1 heterocycles. The summed E-state index contributed by atoms with van der Waals surface area (Å²) in [7, 11) is 3.23. The number of amides is 2. The summed E-state index contributed by atoms with van der Waals surface area (Å²) in [4.78, 5) is 25.0. The number of nitrogens with zero attached hydrogens (tertiary/aromatic N) is 3. The number of hydrogen-bond donors (Lipinski definition) is 1. The summed E-state index contributed by atoms with van der Waals surface area (Å²) in [6.45, 7) is 0. The molecule has 2 rings (SSSR count). The van der Waals surface area contributed by atoms with Gasteiger partial charge in [0.2, 0.25) is 5.69 Å². The zero-order valence-corrected chi connectivity index (χ0v) is 12.4. The first-order chi connectivity index (χ1) is 9.58. The highest BCUT2D eigenvalue weighted by Gasteiger charge is 2.24. The van der Waals surface area contributed by atoms with Crippen molar-refractivity contribution >= 4 is 28.5 Å². The van der Waals surface area contributed by atoms with E-state index in [9.17, 15) is 9.59 Å². The first-order valence-electron chi connectivity index (χ1n) is 6.59. The molecular formula is C12H18N4O3S. The molecule has 0 bridgehead atoms. The molecular weight excluding hydrogens is 280 g/mol. The summed E-state index contributed by atoms with van der Waals surface area (Å²) in [6, 6.07) is -0.331. The Labute approximate surface area is 121 Å². The zero-order chi connectivity index (χ0) is 14.5. The average molecular weight is 298 g/mol. The maximum atomic E-state index is 12.1. The van der Waals surface area contributed by atoms with E-state index in [1.807, 2.05) is 0 Å². The van der Waals surface area contributed by atoms with Crippen LogP contribution in [0.4, 0.5) is 9.80 Å². The lowest BCUT2D eigenvalue weighted by Crippen LogP contribution is -2.28. The van der Waals surface area contributed by atoms with Crippen LogP contribution in [0.2, 0.25) is 0 Å². The van der Waals surface area contributed by atoms with Gasteiger partial charge in [0.15, 0.2) is 5.00 Å². The van der Waals surface area contributed by atoms with Crippen LogP contribution in [-0.4, -0.2) is 46.7 Å². The number of carbonyl (C=O) groups is 2. The second kappa shape index (κ2) is 6.65. The molecule has 1 N–H and O–H groups in total. The van der Waals surface area contributed by atoms with E-state index in [-0.39, 0.29) is 17.8 Å². The molecule has 0 aliphatic heterocycles. The predicted octanol–water partition coefficient (Wildman–Crippen LogP) is 2.12. The Morgan fingerprint density at radius 1 is 1.30 bits per heavy atom. The summed E-state index contributed by atoms with van der Waals surface area (Å²) in [5.74, 6) is -0.514. The molecule has 0 aromatic carbocycles. The van der Waals surface area contributed by atoms with E-state index in [0.717, 1.165) is 37.2 Å². The van der Waals surface area contributed by atoms with Gasteiger partial charge in [0.05, 0.1) is 0 Å². The molecule has 1 aromatic heterocycles. The largest absolute Gasteiger partial charge is 0.458 e. The van der Waals surface area contributed by atoms with Crippen LogP contribution < -0.4 is 5.32 Å². The van der Waals surface area contributed by atoms with Gasteiger partial charge in [0, 0.05) is 25.6 Å². The van der Waals surface area contributed by atoms with Gasteiger partial charge in [0.25, 0.3) is 0 Å². The van der Waals surface area contributed by atoms with Gasteiger partial charge in [-0.3, -0.25) is 5.32 Å². The lowest BCUT2D eigenvalue weighted by Gasteiger charge is -2.21. The fourth-order valence-electron chi connectivity index (χ4n) is 2.01. The van der Waals surface area contributed by atoms with Crippen LogP contribution in [0.3, 0.4) is 0 Å². The highest BCUT2D eigenvalue weighted by Crippen LogP contribution is 2.24. The van der Waals surface area contributed by atoms with Crippen molar-refractivity contribution in [1.29, 1.82) is 0 Å². The number of anilines is 1. The van der Waals surface area contributed by atoms with Gasteiger partial charge in [-0.25, -0.2) is 9.59 Å². The van der Waals surface area contributed by atoms with E-state index in [1.54, 1.807) is 14.1 Å². The van der Waals surface area contributed by atoms with E-state index in [2.05, 4.69) is 14.9 Å². The van der Waals surface area contributed by atoms with Crippen molar-refractivity contribution in [2.75, 3.05) is 19.4 Å². The molecule has 110 valence electrons. The van der Waals surface area contributed by atoms with Gasteiger partial charge in [-0.1, -0.05) is 10.9 Å². The number of carbonyl (C=O) groups excluding carboxylic acids is 2. The first kappa shape index (κ1) is 14.7. The van der Waals surface area contributed by atoms with E-state index in [0.29, 0.717) is 5.00 Å². The average Bonchev–Trinajstić information content (AvgIpc) is 2.88. The smallest absolute Gasteiger partial charge is 0.362 e. The highest BCUT2D eigenvalue weighted by atomic mass is 32.1. The van der Waals surface area contributed by atoms with Crippen molar-refractivity contribution in [2.45, 2.75) is 38.2 Å². The minimum atomic E-state index is -0.514.